The standard InChI is InChI=1S/C8H11NO2/c1-2-4-7(10)9-6-3-5-8(9)11/h2,4H,3,5-6H2,1H3/b4-2+. The van der Waals surface area contributed by atoms with Gasteiger partial charge in [-0.25, -0.2) is 0 Å². The molecule has 0 aliphatic carbocycles. The third-order valence-corrected chi connectivity index (χ3v) is 1.65. The molecule has 3 heteroatoms. The molecular formula is C8H11NO2. The van der Waals surface area contributed by atoms with Crippen molar-refractivity contribution in [1.29, 1.82) is 0 Å². The Morgan fingerprint density at radius 3 is 2.82 bits per heavy atom. The second-order valence-electron chi connectivity index (χ2n) is 2.49. The van der Waals surface area contributed by atoms with E-state index in [0.29, 0.717) is 13.0 Å². The van der Waals surface area contributed by atoms with Crippen molar-refractivity contribution < 1.29 is 9.59 Å². The molecule has 0 aromatic heterocycles. The van der Waals surface area contributed by atoms with Gasteiger partial charge in [-0.15, -0.1) is 0 Å². The number of hydrogen-bond acceptors (Lipinski definition) is 2. The van der Waals surface area contributed by atoms with Crippen molar-refractivity contribution in [2.75, 3.05) is 6.54 Å². The van der Waals surface area contributed by atoms with Gasteiger partial charge in [0.2, 0.25) is 5.91 Å². The minimum absolute atomic E-state index is 0.0481. The fraction of sp³-hybridized carbons (Fsp3) is 0.500. The lowest BCUT2D eigenvalue weighted by Crippen LogP contribution is -2.30. The van der Waals surface area contributed by atoms with Gasteiger partial charge in [0.05, 0.1) is 0 Å². The highest BCUT2D eigenvalue weighted by atomic mass is 16.2. The fourth-order valence-corrected chi connectivity index (χ4v) is 1.11. The number of nitrogens with zero attached hydrogens (tertiary/aromatic N) is 1. The normalized spacial score (nSPS) is 18.3. The van der Waals surface area contributed by atoms with Gasteiger partial charge in [0.25, 0.3) is 5.91 Å². The number of carbonyl (C=O) groups excluding carboxylic acids is 2. The van der Waals surface area contributed by atoms with Crippen LogP contribution in [0, 0.1) is 0 Å². The van der Waals surface area contributed by atoms with E-state index in [1.54, 1.807) is 13.0 Å². The van der Waals surface area contributed by atoms with Gasteiger partial charge in [0, 0.05) is 13.0 Å². The molecule has 0 aromatic carbocycles. The van der Waals surface area contributed by atoms with Gasteiger partial charge in [-0.1, -0.05) is 6.08 Å². The second kappa shape index (κ2) is 3.32. The quantitative estimate of drug-likeness (QED) is 0.520. The fourth-order valence-electron chi connectivity index (χ4n) is 1.11. The van der Waals surface area contributed by atoms with Crippen molar-refractivity contribution in [2.45, 2.75) is 19.8 Å². The minimum atomic E-state index is -0.185. The molecule has 60 valence electrons. The Kier molecular flexibility index (Phi) is 2.41. The van der Waals surface area contributed by atoms with E-state index in [9.17, 15) is 9.59 Å². The predicted molar refractivity (Wildman–Crippen MR) is 40.8 cm³/mol. The maximum atomic E-state index is 11.1. The van der Waals surface area contributed by atoms with E-state index in [-0.39, 0.29) is 11.8 Å². The van der Waals surface area contributed by atoms with Crippen molar-refractivity contribution in [1.82, 2.24) is 4.90 Å². The van der Waals surface area contributed by atoms with Gasteiger partial charge in [-0.2, -0.15) is 0 Å². The van der Waals surface area contributed by atoms with Gasteiger partial charge >= 0.3 is 0 Å². The Bertz CT molecular complexity index is 208. The molecule has 0 saturated carbocycles. The van der Waals surface area contributed by atoms with Gasteiger partial charge in [0.15, 0.2) is 0 Å². The van der Waals surface area contributed by atoms with Gasteiger partial charge < -0.3 is 0 Å². The molecule has 0 bridgehead atoms. The largest absolute Gasteiger partial charge is 0.279 e. The minimum Gasteiger partial charge on any atom is -0.279 e. The molecular weight excluding hydrogens is 142 g/mol. The molecule has 2 amide bonds. The lowest BCUT2D eigenvalue weighted by molar-refractivity contribution is -0.138. The SMILES string of the molecule is C/C=C/C(=O)N1CCCC1=O. The zero-order chi connectivity index (χ0) is 8.27. The smallest absolute Gasteiger partial charge is 0.252 e. The summed E-state index contributed by atoms with van der Waals surface area (Å²) < 4.78 is 0. The van der Waals surface area contributed by atoms with Crippen LogP contribution in [0.5, 0.6) is 0 Å². The highest BCUT2D eigenvalue weighted by Gasteiger charge is 2.24. The summed E-state index contributed by atoms with van der Waals surface area (Å²) in [7, 11) is 0. The van der Waals surface area contributed by atoms with Crippen LogP contribution in [-0.2, 0) is 9.59 Å². The van der Waals surface area contributed by atoms with Gasteiger partial charge in [0.1, 0.15) is 0 Å². The first-order valence-corrected chi connectivity index (χ1v) is 3.72. The molecule has 1 saturated heterocycles. The van der Waals surface area contributed by atoms with E-state index in [2.05, 4.69) is 0 Å². The van der Waals surface area contributed by atoms with E-state index >= 15 is 0 Å². The van der Waals surface area contributed by atoms with E-state index in [1.165, 1.54) is 11.0 Å². The van der Waals surface area contributed by atoms with E-state index in [4.69, 9.17) is 0 Å². The van der Waals surface area contributed by atoms with Crippen LogP contribution in [0.4, 0.5) is 0 Å². The Morgan fingerprint density at radius 1 is 1.64 bits per heavy atom. The molecule has 0 unspecified atom stereocenters. The maximum absolute atomic E-state index is 11.1. The summed E-state index contributed by atoms with van der Waals surface area (Å²) in [5.41, 5.74) is 0. The number of hydrogen-bond donors (Lipinski definition) is 0. The van der Waals surface area contributed by atoms with Crippen LogP contribution >= 0.6 is 0 Å². The Morgan fingerprint density at radius 2 is 2.36 bits per heavy atom. The summed E-state index contributed by atoms with van der Waals surface area (Å²) in [4.78, 5) is 23.3. The zero-order valence-corrected chi connectivity index (χ0v) is 6.54. The molecule has 0 aromatic rings. The summed E-state index contributed by atoms with van der Waals surface area (Å²) in [5, 5.41) is 0. The Hall–Kier alpha value is -1.12. The van der Waals surface area contributed by atoms with Crippen molar-refractivity contribution in [2.24, 2.45) is 0 Å². The van der Waals surface area contributed by atoms with E-state index in [1.807, 2.05) is 0 Å². The summed E-state index contributed by atoms with van der Waals surface area (Å²) in [6.45, 7) is 2.35. The first kappa shape index (κ1) is 7.98. The van der Waals surface area contributed by atoms with Crippen molar-refractivity contribution in [3.05, 3.63) is 12.2 Å². The molecule has 1 heterocycles. The molecule has 1 fully saturated rings. The number of likely N-dealkylation sites (tertiary alicyclic amines) is 1. The summed E-state index contributed by atoms with van der Waals surface area (Å²) in [6.07, 6.45) is 4.39. The molecule has 1 rings (SSSR count). The molecule has 1 aliphatic rings. The van der Waals surface area contributed by atoms with Crippen LogP contribution in [0.2, 0.25) is 0 Å². The summed E-state index contributed by atoms with van der Waals surface area (Å²) >= 11 is 0. The van der Waals surface area contributed by atoms with Crippen LogP contribution < -0.4 is 0 Å². The number of allylic oxidation sites excluding steroid dienone is 1. The van der Waals surface area contributed by atoms with E-state index < -0.39 is 0 Å². The van der Waals surface area contributed by atoms with Crippen molar-refractivity contribution >= 4 is 11.8 Å². The Labute approximate surface area is 65.7 Å². The van der Waals surface area contributed by atoms with E-state index in [0.717, 1.165) is 6.42 Å². The molecule has 3 nitrogen and oxygen atoms in total. The van der Waals surface area contributed by atoms with Crippen molar-refractivity contribution in [3.63, 3.8) is 0 Å². The number of amides is 2. The van der Waals surface area contributed by atoms with Crippen molar-refractivity contribution in [3.8, 4) is 0 Å². The third-order valence-electron chi connectivity index (χ3n) is 1.65. The highest BCUT2D eigenvalue weighted by molar-refractivity contribution is 6.01. The Balaban J connectivity index is 2.59. The van der Waals surface area contributed by atoms with Gasteiger partial charge in [-0.3, -0.25) is 14.5 Å². The van der Waals surface area contributed by atoms with Crippen LogP contribution in [0.3, 0.4) is 0 Å². The summed E-state index contributed by atoms with van der Waals surface area (Å²) in [5.74, 6) is -0.233. The highest BCUT2D eigenvalue weighted by Crippen LogP contribution is 2.09. The lowest BCUT2D eigenvalue weighted by atomic mass is 10.4. The number of carbonyl (C=O) groups is 2. The lowest BCUT2D eigenvalue weighted by Gasteiger charge is -2.09. The predicted octanol–water partition coefficient (Wildman–Crippen LogP) is 0.712. The maximum Gasteiger partial charge on any atom is 0.252 e. The van der Waals surface area contributed by atoms with Crippen LogP contribution in [0.1, 0.15) is 19.8 Å². The van der Waals surface area contributed by atoms with Crippen LogP contribution in [0.15, 0.2) is 12.2 Å². The average Bonchev–Trinajstić information content (AvgIpc) is 2.36. The molecule has 0 atom stereocenters. The third kappa shape index (κ3) is 1.67. The van der Waals surface area contributed by atoms with Crippen LogP contribution in [-0.4, -0.2) is 23.3 Å². The first-order chi connectivity index (χ1) is 5.25. The second-order valence-corrected chi connectivity index (χ2v) is 2.49. The molecule has 1 aliphatic heterocycles. The number of rotatable bonds is 1. The van der Waals surface area contributed by atoms with Crippen LogP contribution in [0.25, 0.3) is 0 Å². The molecule has 0 spiro atoms. The molecule has 11 heavy (non-hydrogen) atoms. The topological polar surface area (TPSA) is 37.4 Å². The zero-order valence-electron chi connectivity index (χ0n) is 6.54. The van der Waals surface area contributed by atoms with Gasteiger partial charge in [-0.05, 0) is 19.4 Å². The first-order valence-electron chi connectivity index (χ1n) is 3.72. The number of imide groups is 1. The summed E-state index contributed by atoms with van der Waals surface area (Å²) in [6, 6.07) is 0. The molecule has 0 N–H and O–H groups in total. The monoisotopic (exact) mass is 153 g/mol. The average molecular weight is 153 g/mol. The molecule has 0 radical (unpaired) electrons.